The first-order chi connectivity index (χ1) is 10.2. The number of thiophene rings is 1. The summed E-state index contributed by atoms with van der Waals surface area (Å²) in [6.45, 7) is 0. The molecule has 0 bridgehead atoms. The molecule has 0 spiro atoms. The molecule has 0 aliphatic heterocycles. The van der Waals surface area contributed by atoms with Gasteiger partial charge in [-0.15, -0.1) is 11.3 Å². The van der Waals surface area contributed by atoms with Crippen molar-refractivity contribution < 1.29 is 18.1 Å². The van der Waals surface area contributed by atoms with Crippen molar-refractivity contribution in [1.82, 2.24) is 0 Å². The number of anilines is 1. The Morgan fingerprint density at radius 1 is 1.32 bits per heavy atom. The third kappa shape index (κ3) is 3.60. The summed E-state index contributed by atoms with van der Waals surface area (Å²) >= 11 is 6.45. The van der Waals surface area contributed by atoms with Crippen LogP contribution in [0.4, 0.5) is 11.4 Å². The van der Waals surface area contributed by atoms with Gasteiger partial charge in [0, 0.05) is 11.8 Å². The zero-order valence-electron chi connectivity index (χ0n) is 10.6. The molecule has 0 aliphatic carbocycles. The van der Waals surface area contributed by atoms with E-state index in [1.807, 2.05) is 0 Å². The van der Waals surface area contributed by atoms with Crippen LogP contribution in [0, 0.1) is 10.1 Å². The maximum absolute atomic E-state index is 12.0. The number of carbonyl (C=O) groups is 1. The number of hydrogen-bond donors (Lipinski definition) is 2. The van der Waals surface area contributed by atoms with Crippen LogP contribution in [-0.2, 0) is 10.0 Å². The van der Waals surface area contributed by atoms with Crippen LogP contribution >= 0.6 is 22.9 Å². The molecule has 11 heteroatoms. The van der Waals surface area contributed by atoms with Gasteiger partial charge in [0.15, 0.2) is 4.34 Å². The Labute approximate surface area is 133 Å². The fraction of sp³-hybridized carbons (Fsp3) is 0. The predicted molar refractivity (Wildman–Crippen MR) is 81.8 cm³/mol. The van der Waals surface area contributed by atoms with E-state index in [0.717, 1.165) is 17.4 Å². The number of benzene rings is 1. The lowest BCUT2D eigenvalue weighted by Gasteiger charge is -2.04. The summed E-state index contributed by atoms with van der Waals surface area (Å²) in [6, 6.07) is 6.23. The Morgan fingerprint density at radius 2 is 1.91 bits per heavy atom. The molecule has 0 unspecified atom stereocenters. The van der Waals surface area contributed by atoms with Crippen LogP contribution in [0.1, 0.15) is 9.67 Å². The van der Waals surface area contributed by atoms with E-state index in [2.05, 4.69) is 5.32 Å². The maximum atomic E-state index is 12.0. The number of rotatable bonds is 4. The lowest BCUT2D eigenvalue weighted by atomic mass is 10.3. The van der Waals surface area contributed by atoms with Crippen LogP contribution in [0.15, 0.2) is 35.2 Å². The Balaban J connectivity index is 2.19. The van der Waals surface area contributed by atoms with Gasteiger partial charge in [-0.25, -0.2) is 13.6 Å². The minimum absolute atomic E-state index is 0.0622. The number of nitro groups is 1. The van der Waals surface area contributed by atoms with Gasteiger partial charge >= 0.3 is 0 Å². The van der Waals surface area contributed by atoms with Gasteiger partial charge in [-0.1, -0.05) is 11.6 Å². The lowest BCUT2D eigenvalue weighted by molar-refractivity contribution is -0.384. The number of amides is 1. The first-order valence-corrected chi connectivity index (χ1v) is 8.30. The molecule has 8 nitrogen and oxygen atoms in total. The standard InChI is InChI=1S/C11H8ClN3O5S2/c12-10-8(15(17)18)5-9(21-10)11(16)14-6-1-3-7(4-2-6)22(13,19)20/h1-5H,(H,14,16)(H2,13,19,20). The number of halogens is 1. The fourth-order valence-corrected chi connectivity index (χ4v) is 3.15. The van der Waals surface area contributed by atoms with E-state index in [9.17, 15) is 23.3 Å². The first-order valence-electron chi connectivity index (χ1n) is 5.56. The van der Waals surface area contributed by atoms with Crippen molar-refractivity contribution in [2.45, 2.75) is 4.90 Å². The van der Waals surface area contributed by atoms with Crippen molar-refractivity contribution in [2.24, 2.45) is 5.14 Å². The Bertz CT molecular complexity index is 845. The molecule has 0 saturated heterocycles. The minimum Gasteiger partial charge on any atom is -0.321 e. The van der Waals surface area contributed by atoms with Crippen molar-refractivity contribution in [1.29, 1.82) is 0 Å². The lowest BCUT2D eigenvalue weighted by Crippen LogP contribution is -2.13. The molecule has 0 saturated carbocycles. The van der Waals surface area contributed by atoms with Gasteiger partial charge < -0.3 is 5.32 Å². The van der Waals surface area contributed by atoms with Gasteiger partial charge in [-0.05, 0) is 24.3 Å². The summed E-state index contributed by atoms with van der Waals surface area (Å²) in [5.41, 5.74) is -0.0361. The zero-order chi connectivity index (χ0) is 16.5. The van der Waals surface area contributed by atoms with Gasteiger partial charge in [0.05, 0.1) is 9.82 Å². The topological polar surface area (TPSA) is 132 Å². The molecule has 0 radical (unpaired) electrons. The van der Waals surface area contributed by atoms with E-state index in [1.54, 1.807) is 0 Å². The molecule has 1 heterocycles. The highest BCUT2D eigenvalue weighted by Gasteiger charge is 2.21. The zero-order valence-corrected chi connectivity index (χ0v) is 13.0. The normalized spacial score (nSPS) is 11.2. The summed E-state index contributed by atoms with van der Waals surface area (Å²) in [4.78, 5) is 21.9. The SMILES string of the molecule is NS(=O)(=O)c1ccc(NC(=O)c2cc([N+](=O)[O-])c(Cl)s2)cc1. The summed E-state index contributed by atoms with van der Waals surface area (Å²) in [5.74, 6) is -0.594. The van der Waals surface area contributed by atoms with Crippen molar-refractivity contribution in [3.05, 3.63) is 49.7 Å². The van der Waals surface area contributed by atoms with E-state index in [1.165, 1.54) is 24.3 Å². The second kappa shape index (κ2) is 6.01. The number of carbonyl (C=O) groups excluding carboxylic acids is 1. The van der Waals surface area contributed by atoms with Crippen LogP contribution in [0.3, 0.4) is 0 Å². The van der Waals surface area contributed by atoms with Crippen LogP contribution in [-0.4, -0.2) is 19.2 Å². The van der Waals surface area contributed by atoms with Crippen molar-refractivity contribution in [3.8, 4) is 0 Å². The maximum Gasteiger partial charge on any atom is 0.299 e. The summed E-state index contributed by atoms with van der Waals surface area (Å²) in [6.07, 6.45) is 0. The summed E-state index contributed by atoms with van der Waals surface area (Å²) in [5, 5.41) is 18.1. The second-order valence-electron chi connectivity index (χ2n) is 4.05. The van der Waals surface area contributed by atoms with E-state index in [0.29, 0.717) is 5.69 Å². The van der Waals surface area contributed by atoms with Crippen molar-refractivity contribution >= 4 is 50.2 Å². The van der Waals surface area contributed by atoms with Gasteiger partial charge in [0.25, 0.3) is 11.6 Å². The first kappa shape index (κ1) is 16.4. The average Bonchev–Trinajstić information content (AvgIpc) is 2.80. The Morgan fingerprint density at radius 3 is 2.36 bits per heavy atom. The highest BCUT2D eigenvalue weighted by molar-refractivity contribution is 7.89. The third-order valence-electron chi connectivity index (χ3n) is 2.53. The third-order valence-corrected chi connectivity index (χ3v) is 4.80. The number of sulfonamides is 1. The summed E-state index contributed by atoms with van der Waals surface area (Å²) < 4.78 is 22.1. The largest absolute Gasteiger partial charge is 0.321 e. The molecule has 2 aromatic rings. The predicted octanol–water partition coefficient (Wildman–Crippen LogP) is 2.21. The van der Waals surface area contributed by atoms with E-state index >= 15 is 0 Å². The average molecular weight is 362 g/mol. The van der Waals surface area contributed by atoms with Crippen LogP contribution in [0.25, 0.3) is 0 Å². The molecule has 2 rings (SSSR count). The molecule has 0 aliphatic rings. The van der Waals surface area contributed by atoms with Crippen LogP contribution in [0.5, 0.6) is 0 Å². The van der Waals surface area contributed by atoms with E-state index < -0.39 is 20.9 Å². The molecular formula is C11H8ClN3O5S2. The number of nitrogens with zero attached hydrogens (tertiary/aromatic N) is 1. The molecule has 1 aromatic carbocycles. The number of nitrogens with one attached hydrogen (secondary N) is 1. The van der Waals surface area contributed by atoms with Crippen LogP contribution < -0.4 is 10.5 Å². The van der Waals surface area contributed by atoms with Crippen LogP contribution in [0.2, 0.25) is 4.34 Å². The summed E-state index contributed by atoms with van der Waals surface area (Å²) in [7, 11) is -3.82. The monoisotopic (exact) mass is 361 g/mol. The second-order valence-corrected chi connectivity index (χ2v) is 7.27. The Hall–Kier alpha value is -2.01. The molecule has 0 atom stereocenters. The molecule has 3 N–H and O–H groups in total. The van der Waals surface area contributed by atoms with Crippen molar-refractivity contribution in [2.75, 3.05) is 5.32 Å². The molecule has 116 valence electrons. The minimum atomic E-state index is -3.82. The van der Waals surface area contributed by atoms with Gasteiger partial charge in [0.2, 0.25) is 10.0 Å². The quantitative estimate of drug-likeness (QED) is 0.636. The number of nitrogens with two attached hydrogens (primary N) is 1. The van der Waals surface area contributed by atoms with Gasteiger partial charge in [-0.3, -0.25) is 14.9 Å². The smallest absolute Gasteiger partial charge is 0.299 e. The molecular weight excluding hydrogens is 354 g/mol. The molecule has 1 aromatic heterocycles. The van der Waals surface area contributed by atoms with Gasteiger partial charge in [-0.2, -0.15) is 0 Å². The highest BCUT2D eigenvalue weighted by atomic mass is 35.5. The number of primary sulfonamides is 1. The number of hydrogen-bond acceptors (Lipinski definition) is 6. The fourth-order valence-electron chi connectivity index (χ4n) is 1.52. The van der Waals surface area contributed by atoms with E-state index in [4.69, 9.17) is 16.7 Å². The molecule has 22 heavy (non-hydrogen) atoms. The molecule has 1 amide bonds. The highest BCUT2D eigenvalue weighted by Crippen LogP contribution is 2.34. The van der Waals surface area contributed by atoms with E-state index in [-0.39, 0.29) is 19.8 Å². The van der Waals surface area contributed by atoms with Crippen molar-refractivity contribution in [3.63, 3.8) is 0 Å². The van der Waals surface area contributed by atoms with Gasteiger partial charge in [0.1, 0.15) is 4.88 Å². The Kier molecular flexibility index (Phi) is 4.47. The molecule has 0 fully saturated rings.